The molecule has 0 radical (unpaired) electrons. The Bertz CT molecular complexity index is 144. The molecule has 0 saturated carbocycles. The minimum Gasteiger partial charge on any atom is -0.328 e. The van der Waals surface area contributed by atoms with Crippen LogP contribution in [-0.4, -0.2) is 14.6 Å². The molecule has 0 bridgehead atoms. The second-order valence-corrected chi connectivity index (χ2v) is 10.7. The Morgan fingerprint density at radius 2 is 1.83 bits per heavy atom. The van der Waals surface area contributed by atoms with Crippen molar-refractivity contribution in [2.24, 2.45) is 0 Å². The molecule has 0 aromatic rings. The van der Waals surface area contributed by atoms with Crippen LogP contribution in [0, 0.1) is 0 Å². The summed E-state index contributed by atoms with van der Waals surface area (Å²) in [4.78, 5) is 3.37. The second kappa shape index (κ2) is 4.12. The maximum atomic E-state index is 6.68. The summed E-state index contributed by atoms with van der Waals surface area (Å²) in [6, 6.07) is 0. The van der Waals surface area contributed by atoms with Crippen molar-refractivity contribution in [2.75, 3.05) is 7.05 Å². The molecule has 0 aliphatic carbocycles. The van der Waals surface area contributed by atoms with Gasteiger partial charge in [0.1, 0.15) is 0 Å². The van der Waals surface area contributed by atoms with Gasteiger partial charge in [-0.15, -0.1) is 11.1 Å². The Morgan fingerprint density at radius 1 is 1.42 bits per heavy atom. The van der Waals surface area contributed by atoms with E-state index in [2.05, 4.69) is 39.6 Å². The quantitative estimate of drug-likeness (QED) is 0.552. The van der Waals surface area contributed by atoms with Gasteiger partial charge in [-0.2, -0.15) is 0 Å². The molecule has 3 heteroatoms. The average Bonchev–Trinajstić information content (AvgIpc) is 1.99. The van der Waals surface area contributed by atoms with Gasteiger partial charge in [0.15, 0.2) is 0 Å². The van der Waals surface area contributed by atoms with Crippen molar-refractivity contribution in [3.05, 3.63) is 0 Å². The van der Waals surface area contributed by atoms with Gasteiger partial charge in [-0.05, 0) is 17.6 Å². The predicted molar refractivity (Wildman–Crippen MR) is 60.1 cm³/mol. The first-order valence-electron chi connectivity index (χ1n) is 4.67. The zero-order valence-corrected chi connectivity index (χ0v) is 10.9. The first kappa shape index (κ1) is 12.5. The maximum absolute atomic E-state index is 6.68. The standard InChI is InChI=1S/C9H22ClNSi/c1-7-8(2)12(10,11-6)9(3,4)5/h8,11H,7H2,1-6H3. The van der Waals surface area contributed by atoms with Gasteiger partial charge < -0.3 is 4.98 Å². The van der Waals surface area contributed by atoms with Crippen molar-refractivity contribution < 1.29 is 0 Å². The summed E-state index contributed by atoms with van der Waals surface area (Å²) in [6.45, 7) is 11.2. The van der Waals surface area contributed by atoms with Crippen LogP contribution in [0.4, 0.5) is 0 Å². The number of halogens is 1. The van der Waals surface area contributed by atoms with Crippen molar-refractivity contribution in [1.82, 2.24) is 4.98 Å². The lowest BCUT2D eigenvalue weighted by molar-refractivity contribution is 0.666. The van der Waals surface area contributed by atoms with E-state index >= 15 is 0 Å². The number of hydrogen-bond donors (Lipinski definition) is 1. The molecule has 2 unspecified atom stereocenters. The summed E-state index contributed by atoms with van der Waals surface area (Å²) in [5, 5.41) is 0.221. The molecular formula is C9H22ClNSi. The van der Waals surface area contributed by atoms with Crippen LogP contribution in [0.5, 0.6) is 0 Å². The van der Waals surface area contributed by atoms with E-state index in [0.29, 0.717) is 5.54 Å². The van der Waals surface area contributed by atoms with Gasteiger partial charge in [-0.1, -0.05) is 41.0 Å². The SMILES string of the molecule is CCC(C)[Si](Cl)(NC)C(C)(C)C. The highest BCUT2D eigenvalue weighted by atomic mass is 35.6. The monoisotopic (exact) mass is 207 g/mol. The molecule has 1 nitrogen and oxygen atoms in total. The van der Waals surface area contributed by atoms with E-state index in [1.165, 1.54) is 0 Å². The van der Waals surface area contributed by atoms with E-state index < -0.39 is 7.55 Å². The number of rotatable bonds is 3. The fourth-order valence-corrected chi connectivity index (χ4v) is 5.39. The molecule has 0 amide bonds. The molecule has 12 heavy (non-hydrogen) atoms. The summed E-state index contributed by atoms with van der Waals surface area (Å²) in [5.74, 6) is 0. The molecule has 0 aromatic carbocycles. The minimum atomic E-state index is -1.81. The van der Waals surface area contributed by atoms with Crippen LogP contribution in [-0.2, 0) is 0 Å². The molecular weight excluding hydrogens is 186 g/mol. The molecule has 2 atom stereocenters. The van der Waals surface area contributed by atoms with Crippen molar-refractivity contribution in [3.8, 4) is 0 Å². The fourth-order valence-electron chi connectivity index (χ4n) is 1.64. The fraction of sp³-hybridized carbons (Fsp3) is 1.00. The largest absolute Gasteiger partial charge is 0.328 e. The normalized spacial score (nSPS) is 20.2. The van der Waals surface area contributed by atoms with Crippen LogP contribution < -0.4 is 4.98 Å². The molecule has 0 spiro atoms. The van der Waals surface area contributed by atoms with Crippen molar-refractivity contribution >= 4 is 18.6 Å². The first-order valence-corrected chi connectivity index (χ1v) is 7.76. The third-order valence-electron chi connectivity index (χ3n) is 2.75. The van der Waals surface area contributed by atoms with Crippen molar-refractivity contribution in [3.63, 3.8) is 0 Å². The topological polar surface area (TPSA) is 12.0 Å². The summed E-state index contributed by atoms with van der Waals surface area (Å²) in [7, 11) is 0.191. The van der Waals surface area contributed by atoms with Gasteiger partial charge >= 0.3 is 0 Å². The molecule has 0 fully saturated rings. The highest BCUT2D eigenvalue weighted by Crippen LogP contribution is 2.45. The molecule has 74 valence electrons. The lowest BCUT2D eigenvalue weighted by atomic mass is 10.2. The van der Waals surface area contributed by atoms with Gasteiger partial charge in [0.05, 0.1) is 0 Å². The Morgan fingerprint density at radius 3 is 1.92 bits per heavy atom. The van der Waals surface area contributed by atoms with E-state index in [9.17, 15) is 0 Å². The Hall–Kier alpha value is 0.467. The van der Waals surface area contributed by atoms with Gasteiger partial charge in [0, 0.05) is 0 Å². The van der Waals surface area contributed by atoms with Crippen molar-refractivity contribution in [1.29, 1.82) is 0 Å². The molecule has 0 aliphatic rings. The van der Waals surface area contributed by atoms with E-state index in [-0.39, 0.29) is 5.04 Å². The Labute approximate surface area is 82.7 Å². The van der Waals surface area contributed by atoms with Crippen LogP contribution in [0.3, 0.4) is 0 Å². The van der Waals surface area contributed by atoms with Crippen LogP contribution >= 0.6 is 11.1 Å². The lowest BCUT2D eigenvalue weighted by Gasteiger charge is -2.40. The molecule has 0 saturated heterocycles. The van der Waals surface area contributed by atoms with E-state index in [1.807, 2.05) is 7.05 Å². The highest BCUT2D eigenvalue weighted by Gasteiger charge is 2.46. The van der Waals surface area contributed by atoms with Gasteiger partial charge in [-0.3, -0.25) is 0 Å². The summed E-state index contributed by atoms with van der Waals surface area (Å²) >= 11 is 6.68. The van der Waals surface area contributed by atoms with E-state index in [4.69, 9.17) is 11.1 Å². The third kappa shape index (κ3) is 2.24. The van der Waals surface area contributed by atoms with E-state index in [1.54, 1.807) is 0 Å². The van der Waals surface area contributed by atoms with Gasteiger partial charge in [-0.25, -0.2) is 0 Å². The van der Waals surface area contributed by atoms with Crippen LogP contribution in [0.1, 0.15) is 41.0 Å². The lowest BCUT2D eigenvalue weighted by Crippen LogP contribution is -2.53. The molecule has 0 rings (SSSR count). The first-order chi connectivity index (χ1) is 5.29. The third-order valence-corrected chi connectivity index (χ3v) is 10.8. The average molecular weight is 208 g/mol. The van der Waals surface area contributed by atoms with Gasteiger partial charge in [0.2, 0.25) is 7.55 Å². The summed E-state index contributed by atoms with van der Waals surface area (Å²) in [6.07, 6.45) is 1.16. The molecule has 0 aliphatic heterocycles. The highest BCUT2D eigenvalue weighted by molar-refractivity contribution is 7.21. The number of nitrogens with one attached hydrogen (secondary N) is 1. The predicted octanol–water partition coefficient (Wildman–Crippen LogP) is 3.49. The maximum Gasteiger partial charge on any atom is 0.234 e. The summed E-state index contributed by atoms with van der Waals surface area (Å²) in [5.41, 5.74) is 0.615. The van der Waals surface area contributed by atoms with Crippen LogP contribution in [0.25, 0.3) is 0 Å². The smallest absolute Gasteiger partial charge is 0.234 e. The Balaban J connectivity index is 4.67. The molecule has 0 aromatic heterocycles. The zero-order valence-electron chi connectivity index (χ0n) is 9.16. The second-order valence-electron chi connectivity index (χ2n) is 4.52. The minimum absolute atomic E-state index is 0.221. The number of hydrogen-bond acceptors (Lipinski definition) is 1. The van der Waals surface area contributed by atoms with Crippen molar-refractivity contribution in [2.45, 2.75) is 51.6 Å². The van der Waals surface area contributed by atoms with Gasteiger partial charge in [0.25, 0.3) is 0 Å². The van der Waals surface area contributed by atoms with Crippen LogP contribution in [0.15, 0.2) is 0 Å². The molecule has 0 heterocycles. The van der Waals surface area contributed by atoms with Crippen LogP contribution in [0.2, 0.25) is 10.6 Å². The Kier molecular flexibility index (Phi) is 4.28. The summed E-state index contributed by atoms with van der Waals surface area (Å²) < 4.78 is 0. The molecule has 1 N–H and O–H groups in total. The zero-order chi connectivity index (χ0) is 9.99. The van der Waals surface area contributed by atoms with E-state index in [0.717, 1.165) is 6.42 Å².